The van der Waals surface area contributed by atoms with Crippen molar-refractivity contribution in [2.24, 2.45) is 10.3 Å². The molecule has 0 aromatic heterocycles. The van der Waals surface area contributed by atoms with E-state index in [9.17, 15) is 8.42 Å². The molecule has 0 saturated carbocycles. The van der Waals surface area contributed by atoms with Crippen molar-refractivity contribution in [2.45, 2.75) is 6.42 Å². The van der Waals surface area contributed by atoms with Crippen LogP contribution in [0.3, 0.4) is 0 Å². The van der Waals surface area contributed by atoms with Crippen LogP contribution in [0.15, 0.2) is 5.11 Å². The number of nitrogens with zero attached hydrogens (tertiary/aromatic N) is 3. The molecular formula is C3H9N5O2S. The van der Waals surface area contributed by atoms with Crippen LogP contribution in [0, 0.1) is 0 Å². The van der Waals surface area contributed by atoms with Gasteiger partial charge in [0.05, 0.1) is 0 Å². The van der Waals surface area contributed by atoms with E-state index in [-0.39, 0.29) is 13.1 Å². The van der Waals surface area contributed by atoms with Gasteiger partial charge in [0.25, 0.3) is 10.2 Å². The number of hydrogen-bond acceptors (Lipinski definition) is 3. The van der Waals surface area contributed by atoms with Crippen molar-refractivity contribution in [3.8, 4) is 0 Å². The summed E-state index contributed by atoms with van der Waals surface area (Å²) >= 11 is 0. The second-order valence-electron chi connectivity index (χ2n) is 1.75. The zero-order valence-corrected chi connectivity index (χ0v) is 6.58. The average Bonchev–Trinajstić information content (AvgIpc) is 1.85. The van der Waals surface area contributed by atoms with E-state index in [1.54, 1.807) is 0 Å². The summed E-state index contributed by atoms with van der Waals surface area (Å²) in [5.74, 6) is 0. The first kappa shape index (κ1) is 10.2. The van der Waals surface area contributed by atoms with Crippen LogP contribution in [0.25, 0.3) is 10.4 Å². The van der Waals surface area contributed by atoms with E-state index in [2.05, 4.69) is 15.2 Å². The molecule has 0 rings (SSSR count). The van der Waals surface area contributed by atoms with Gasteiger partial charge in [0.15, 0.2) is 0 Å². The predicted molar refractivity (Wildman–Crippen MR) is 39.7 cm³/mol. The Hall–Kier alpha value is -0.820. The minimum atomic E-state index is -3.60. The zero-order valence-electron chi connectivity index (χ0n) is 5.77. The fraction of sp³-hybridized carbons (Fsp3) is 1.00. The number of rotatable bonds is 5. The van der Waals surface area contributed by atoms with E-state index in [1.165, 1.54) is 0 Å². The molecule has 0 bridgehead atoms. The molecule has 0 spiro atoms. The van der Waals surface area contributed by atoms with E-state index in [0.717, 1.165) is 0 Å². The molecule has 0 radical (unpaired) electrons. The van der Waals surface area contributed by atoms with Gasteiger partial charge in [-0.05, 0) is 12.0 Å². The Morgan fingerprint density at radius 1 is 1.64 bits per heavy atom. The van der Waals surface area contributed by atoms with Crippen LogP contribution in [0.4, 0.5) is 0 Å². The smallest absolute Gasteiger partial charge is 0.216 e. The fourth-order valence-electron chi connectivity index (χ4n) is 0.409. The molecule has 64 valence electrons. The summed E-state index contributed by atoms with van der Waals surface area (Å²) in [7, 11) is -3.60. The van der Waals surface area contributed by atoms with Gasteiger partial charge in [-0.25, -0.2) is 9.86 Å². The lowest BCUT2D eigenvalue weighted by Crippen LogP contribution is -2.31. The van der Waals surface area contributed by atoms with Crippen LogP contribution >= 0.6 is 0 Å². The summed E-state index contributed by atoms with van der Waals surface area (Å²) in [4.78, 5) is 2.49. The summed E-state index contributed by atoms with van der Waals surface area (Å²) in [6, 6.07) is 0. The highest BCUT2D eigenvalue weighted by molar-refractivity contribution is 7.87. The van der Waals surface area contributed by atoms with Gasteiger partial charge in [0.2, 0.25) is 0 Å². The maximum absolute atomic E-state index is 10.2. The van der Waals surface area contributed by atoms with E-state index in [0.29, 0.717) is 6.42 Å². The number of azide groups is 1. The Morgan fingerprint density at radius 2 is 2.27 bits per heavy atom. The third-order valence-corrected chi connectivity index (χ3v) is 1.41. The quantitative estimate of drug-likeness (QED) is 0.255. The maximum atomic E-state index is 10.2. The Labute approximate surface area is 64.4 Å². The van der Waals surface area contributed by atoms with Gasteiger partial charge < -0.3 is 0 Å². The normalized spacial score (nSPS) is 10.6. The van der Waals surface area contributed by atoms with Gasteiger partial charge in [0.1, 0.15) is 0 Å². The lowest BCUT2D eigenvalue weighted by atomic mass is 10.4. The van der Waals surface area contributed by atoms with Gasteiger partial charge in [-0.15, -0.1) is 0 Å². The molecule has 0 aliphatic rings. The minimum Gasteiger partial charge on any atom is -0.216 e. The van der Waals surface area contributed by atoms with Gasteiger partial charge in [-0.3, -0.25) is 0 Å². The Morgan fingerprint density at radius 3 is 2.73 bits per heavy atom. The second kappa shape index (κ2) is 4.91. The predicted octanol–water partition coefficient (Wildman–Crippen LogP) is -0.520. The van der Waals surface area contributed by atoms with E-state index in [4.69, 9.17) is 5.53 Å². The molecule has 0 saturated heterocycles. The van der Waals surface area contributed by atoms with Crippen LogP contribution in [-0.4, -0.2) is 21.5 Å². The number of hydrogen-bond donors (Lipinski definition) is 2. The van der Waals surface area contributed by atoms with Crippen LogP contribution < -0.4 is 9.86 Å². The first-order valence-corrected chi connectivity index (χ1v) is 4.39. The van der Waals surface area contributed by atoms with Gasteiger partial charge in [-0.2, -0.15) is 8.42 Å². The molecule has 0 unspecified atom stereocenters. The summed E-state index contributed by atoms with van der Waals surface area (Å²) in [5, 5.41) is 7.80. The highest BCUT2D eigenvalue weighted by atomic mass is 32.2. The monoisotopic (exact) mass is 179 g/mol. The summed E-state index contributed by atoms with van der Waals surface area (Å²) in [5.41, 5.74) is 7.82. The van der Waals surface area contributed by atoms with Crippen LogP contribution in [0.2, 0.25) is 0 Å². The van der Waals surface area contributed by atoms with Crippen molar-refractivity contribution in [3.63, 3.8) is 0 Å². The van der Waals surface area contributed by atoms with Crippen LogP contribution in [-0.2, 0) is 10.2 Å². The molecule has 8 heteroatoms. The summed E-state index contributed by atoms with van der Waals surface area (Å²) in [6.45, 7) is 0.455. The van der Waals surface area contributed by atoms with E-state index in [1.807, 2.05) is 4.72 Å². The standard InChI is InChI=1S/C3H9N5O2S/c4-8-6-2-1-3-7-11(5,9)10/h7H,1-3H2,(H2,5,9,10). The molecule has 0 atom stereocenters. The first-order chi connectivity index (χ1) is 5.06. The third-order valence-electron chi connectivity index (χ3n) is 0.801. The van der Waals surface area contributed by atoms with E-state index >= 15 is 0 Å². The molecule has 11 heavy (non-hydrogen) atoms. The first-order valence-electron chi connectivity index (χ1n) is 2.84. The van der Waals surface area contributed by atoms with E-state index < -0.39 is 10.2 Å². The molecule has 0 aliphatic carbocycles. The van der Waals surface area contributed by atoms with Gasteiger partial charge >= 0.3 is 0 Å². The molecule has 0 aromatic rings. The average molecular weight is 179 g/mol. The zero-order chi connectivity index (χ0) is 8.74. The summed E-state index contributed by atoms with van der Waals surface area (Å²) in [6.07, 6.45) is 0.445. The maximum Gasteiger partial charge on any atom is 0.274 e. The number of nitrogens with one attached hydrogen (secondary N) is 1. The van der Waals surface area contributed by atoms with Crippen molar-refractivity contribution in [3.05, 3.63) is 10.4 Å². The highest BCUT2D eigenvalue weighted by Crippen LogP contribution is 1.79. The summed E-state index contributed by atoms with van der Waals surface area (Å²) < 4.78 is 22.5. The van der Waals surface area contributed by atoms with Crippen molar-refractivity contribution in [1.82, 2.24) is 4.72 Å². The van der Waals surface area contributed by atoms with Crippen molar-refractivity contribution in [1.29, 1.82) is 0 Å². The number of nitrogens with two attached hydrogens (primary N) is 1. The highest BCUT2D eigenvalue weighted by Gasteiger charge is 1.97. The molecule has 7 nitrogen and oxygen atoms in total. The fourth-order valence-corrected chi connectivity index (χ4v) is 0.838. The molecule has 0 heterocycles. The van der Waals surface area contributed by atoms with Crippen LogP contribution in [0.1, 0.15) is 6.42 Å². The molecular weight excluding hydrogens is 170 g/mol. The van der Waals surface area contributed by atoms with Crippen molar-refractivity contribution in [2.75, 3.05) is 13.1 Å². The second-order valence-corrected chi connectivity index (χ2v) is 3.13. The molecule has 3 N–H and O–H groups in total. The molecule has 0 aliphatic heterocycles. The Balaban J connectivity index is 3.36. The lowest BCUT2D eigenvalue weighted by Gasteiger charge is -1.97. The minimum absolute atomic E-state index is 0.192. The SMILES string of the molecule is [N-]=[N+]=NCCCNS(N)(=O)=O. The Kier molecular flexibility index (Phi) is 4.55. The molecule has 0 aromatic carbocycles. The largest absolute Gasteiger partial charge is 0.274 e. The lowest BCUT2D eigenvalue weighted by molar-refractivity contribution is 0.581. The van der Waals surface area contributed by atoms with Crippen LogP contribution in [0.5, 0.6) is 0 Å². The third kappa shape index (κ3) is 9.18. The van der Waals surface area contributed by atoms with Crippen molar-refractivity contribution >= 4 is 10.2 Å². The topological polar surface area (TPSA) is 121 Å². The molecule has 0 amide bonds. The van der Waals surface area contributed by atoms with Gasteiger partial charge in [0, 0.05) is 18.0 Å². The Bertz CT molecular complexity index is 240. The van der Waals surface area contributed by atoms with Gasteiger partial charge in [-0.1, -0.05) is 5.11 Å². The van der Waals surface area contributed by atoms with Crippen molar-refractivity contribution < 1.29 is 8.42 Å². The molecule has 0 fully saturated rings.